The smallest absolute Gasteiger partial charge is 0.387 e. The van der Waals surface area contributed by atoms with Crippen molar-refractivity contribution < 1.29 is 22.8 Å². The highest BCUT2D eigenvalue weighted by atomic mass is 19.3. The van der Waals surface area contributed by atoms with E-state index in [4.69, 9.17) is 0 Å². The molecule has 0 saturated carbocycles. The molecule has 1 aliphatic heterocycles. The number of nitro groups is 1. The fraction of sp³-hybridized carbons (Fsp3) is 0.368. The maximum Gasteiger partial charge on any atom is 0.387 e. The van der Waals surface area contributed by atoms with Gasteiger partial charge in [0.15, 0.2) is 0 Å². The predicted molar refractivity (Wildman–Crippen MR) is 98.1 cm³/mol. The van der Waals surface area contributed by atoms with Crippen molar-refractivity contribution in [2.24, 2.45) is 0 Å². The van der Waals surface area contributed by atoms with Crippen LogP contribution in [-0.4, -0.2) is 35.6 Å². The summed E-state index contributed by atoms with van der Waals surface area (Å²) in [5, 5.41) is 14.2. The molecule has 2 aromatic carbocycles. The van der Waals surface area contributed by atoms with E-state index in [-0.39, 0.29) is 11.9 Å². The van der Waals surface area contributed by atoms with Crippen molar-refractivity contribution in [2.75, 3.05) is 18.4 Å². The summed E-state index contributed by atoms with van der Waals surface area (Å²) in [6.07, 6.45) is 1.55. The van der Waals surface area contributed by atoms with Gasteiger partial charge in [-0.2, -0.15) is 8.78 Å². The molecule has 9 heteroatoms. The fourth-order valence-corrected chi connectivity index (χ4v) is 3.28. The highest BCUT2D eigenvalue weighted by molar-refractivity contribution is 5.58. The van der Waals surface area contributed by atoms with Crippen molar-refractivity contribution in [3.8, 4) is 5.75 Å². The Labute approximate surface area is 160 Å². The second-order valence-corrected chi connectivity index (χ2v) is 6.60. The zero-order valence-electron chi connectivity index (χ0n) is 15.0. The minimum Gasteiger partial charge on any atom is -0.427 e. The number of nitrogens with zero attached hydrogens (tertiary/aromatic N) is 2. The second-order valence-electron chi connectivity index (χ2n) is 6.60. The molecule has 1 N–H and O–H groups in total. The number of nitrogens with one attached hydrogen (secondary N) is 1. The topological polar surface area (TPSA) is 67.6 Å². The van der Waals surface area contributed by atoms with E-state index in [1.807, 2.05) is 0 Å². The van der Waals surface area contributed by atoms with Crippen LogP contribution in [0, 0.1) is 15.9 Å². The zero-order chi connectivity index (χ0) is 20.1. The van der Waals surface area contributed by atoms with Gasteiger partial charge in [-0.15, -0.1) is 0 Å². The molecule has 1 heterocycles. The number of halogens is 3. The number of anilines is 1. The van der Waals surface area contributed by atoms with Crippen LogP contribution < -0.4 is 10.1 Å². The van der Waals surface area contributed by atoms with Gasteiger partial charge < -0.3 is 10.1 Å². The Morgan fingerprint density at radius 2 is 1.93 bits per heavy atom. The van der Waals surface area contributed by atoms with Crippen molar-refractivity contribution >= 4 is 11.4 Å². The van der Waals surface area contributed by atoms with Crippen LogP contribution in [0.15, 0.2) is 42.5 Å². The van der Waals surface area contributed by atoms with E-state index in [9.17, 15) is 23.3 Å². The summed E-state index contributed by atoms with van der Waals surface area (Å²) in [6, 6.07) is 10.6. The summed E-state index contributed by atoms with van der Waals surface area (Å²) in [5.74, 6) is -0.692. The number of hydrogen-bond donors (Lipinski definition) is 1. The molecule has 0 amide bonds. The van der Waals surface area contributed by atoms with Gasteiger partial charge in [0, 0.05) is 49.1 Å². The number of benzene rings is 2. The van der Waals surface area contributed by atoms with Crippen LogP contribution in [0.4, 0.5) is 24.5 Å². The molecule has 1 saturated heterocycles. The molecule has 0 unspecified atom stereocenters. The third kappa shape index (κ3) is 5.13. The first-order valence-corrected chi connectivity index (χ1v) is 8.88. The van der Waals surface area contributed by atoms with E-state index in [0.29, 0.717) is 17.8 Å². The number of hydrogen-bond acceptors (Lipinski definition) is 5. The molecule has 6 nitrogen and oxygen atoms in total. The molecule has 0 radical (unpaired) electrons. The number of likely N-dealkylation sites (tertiary alicyclic amines) is 1. The van der Waals surface area contributed by atoms with E-state index in [0.717, 1.165) is 32.0 Å². The van der Waals surface area contributed by atoms with Crippen LogP contribution in [0.3, 0.4) is 0 Å². The maximum absolute atomic E-state index is 13.8. The Balaban J connectivity index is 1.58. The van der Waals surface area contributed by atoms with Crippen molar-refractivity contribution in [1.82, 2.24) is 4.90 Å². The van der Waals surface area contributed by atoms with E-state index in [1.165, 1.54) is 18.2 Å². The van der Waals surface area contributed by atoms with E-state index < -0.39 is 23.0 Å². The molecule has 0 spiro atoms. The predicted octanol–water partition coefficient (Wildman–Crippen LogP) is 4.41. The highest BCUT2D eigenvalue weighted by Crippen LogP contribution is 2.32. The first-order valence-electron chi connectivity index (χ1n) is 8.88. The summed E-state index contributed by atoms with van der Waals surface area (Å²) < 4.78 is 43.1. The Morgan fingerprint density at radius 1 is 1.21 bits per heavy atom. The van der Waals surface area contributed by atoms with Gasteiger partial charge >= 0.3 is 12.3 Å². The molecule has 28 heavy (non-hydrogen) atoms. The zero-order valence-corrected chi connectivity index (χ0v) is 15.0. The first-order chi connectivity index (χ1) is 13.4. The third-order valence-corrected chi connectivity index (χ3v) is 4.68. The highest BCUT2D eigenvalue weighted by Gasteiger charge is 2.22. The van der Waals surface area contributed by atoms with E-state index in [2.05, 4.69) is 15.0 Å². The van der Waals surface area contributed by atoms with Gasteiger partial charge in [0.2, 0.25) is 5.75 Å². The summed E-state index contributed by atoms with van der Waals surface area (Å²) in [5.41, 5.74) is 0.623. The number of nitro benzene ring substituents is 1. The molecule has 0 aromatic heterocycles. The van der Waals surface area contributed by atoms with Crippen LogP contribution in [0.25, 0.3) is 0 Å². The molecule has 2 aromatic rings. The van der Waals surface area contributed by atoms with Gasteiger partial charge in [-0.3, -0.25) is 15.0 Å². The largest absolute Gasteiger partial charge is 0.427 e. The van der Waals surface area contributed by atoms with Crippen molar-refractivity contribution in [3.05, 3.63) is 64.0 Å². The van der Waals surface area contributed by atoms with Crippen molar-refractivity contribution in [3.63, 3.8) is 0 Å². The summed E-state index contributed by atoms with van der Waals surface area (Å²) in [6.45, 7) is -1.11. The summed E-state index contributed by atoms with van der Waals surface area (Å²) in [7, 11) is 0. The van der Waals surface area contributed by atoms with Crippen molar-refractivity contribution in [1.29, 1.82) is 0 Å². The Bertz CT molecular complexity index is 827. The molecule has 1 aliphatic rings. The van der Waals surface area contributed by atoms with Crippen LogP contribution in [-0.2, 0) is 6.54 Å². The van der Waals surface area contributed by atoms with Gasteiger partial charge in [0.1, 0.15) is 5.82 Å². The average Bonchev–Trinajstić information content (AvgIpc) is 2.64. The third-order valence-electron chi connectivity index (χ3n) is 4.68. The van der Waals surface area contributed by atoms with Gasteiger partial charge in [0.05, 0.1) is 4.92 Å². The number of piperidine rings is 1. The van der Waals surface area contributed by atoms with Crippen LogP contribution in [0.1, 0.15) is 18.4 Å². The molecular formula is C19H20F3N3O3. The monoisotopic (exact) mass is 395 g/mol. The fourth-order valence-electron chi connectivity index (χ4n) is 3.28. The normalized spacial score (nSPS) is 15.6. The Hall–Kier alpha value is -2.81. The number of rotatable bonds is 7. The number of ether oxygens (including phenoxy) is 1. The molecule has 3 rings (SSSR count). The van der Waals surface area contributed by atoms with Gasteiger partial charge in [-0.25, -0.2) is 4.39 Å². The molecular weight excluding hydrogens is 375 g/mol. The second kappa shape index (κ2) is 8.92. The maximum atomic E-state index is 13.8. The standard InChI is InChI=1S/C19H20F3N3O3/c20-16-4-2-1-3-13(16)12-24-9-7-14(8-10-24)23-15-5-6-17(25(26)27)18(11-15)28-19(21)22/h1-6,11,14,19,23H,7-10,12H2. The van der Waals surface area contributed by atoms with Crippen LogP contribution in [0.5, 0.6) is 5.75 Å². The average molecular weight is 395 g/mol. The number of alkyl halides is 2. The minimum atomic E-state index is -3.14. The van der Waals surface area contributed by atoms with Crippen molar-refractivity contribution in [2.45, 2.75) is 32.0 Å². The quantitative estimate of drug-likeness (QED) is 0.556. The molecule has 1 fully saturated rings. The lowest BCUT2D eigenvalue weighted by Gasteiger charge is -2.33. The molecule has 0 atom stereocenters. The molecule has 150 valence electrons. The lowest BCUT2D eigenvalue weighted by Crippen LogP contribution is -2.38. The van der Waals surface area contributed by atoms with E-state index >= 15 is 0 Å². The van der Waals surface area contributed by atoms with Crippen LogP contribution in [0.2, 0.25) is 0 Å². The van der Waals surface area contributed by atoms with Gasteiger partial charge in [-0.1, -0.05) is 18.2 Å². The van der Waals surface area contributed by atoms with E-state index in [1.54, 1.807) is 18.2 Å². The lowest BCUT2D eigenvalue weighted by molar-refractivity contribution is -0.386. The van der Waals surface area contributed by atoms with Crippen LogP contribution >= 0.6 is 0 Å². The van der Waals surface area contributed by atoms with Gasteiger partial charge in [-0.05, 0) is 25.0 Å². The Kier molecular flexibility index (Phi) is 6.35. The summed E-state index contributed by atoms with van der Waals surface area (Å²) in [4.78, 5) is 12.3. The SMILES string of the molecule is O=[N+]([O-])c1ccc(NC2CCN(Cc3ccccc3F)CC2)cc1OC(F)F. The lowest BCUT2D eigenvalue weighted by atomic mass is 10.0. The molecule has 0 aliphatic carbocycles. The Morgan fingerprint density at radius 3 is 2.57 bits per heavy atom. The summed E-state index contributed by atoms with van der Waals surface area (Å²) >= 11 is 0. The molecule has 0 bridgehead atoms. The van der Waals surface area contributed by atoms with Gasteiger partial charge in [0.25, 0.3) is 0 Å². The first kappa shape index (κ1) is 19.9. The minimum absolute atomic E-state index is 0.0812.